The first-order valence-corrected chi connectivity index (χ1v) is 7.67. The first-order valence-electron chi connectivity index (χ1n) is 6.18. The second-order valence-corrected chi connectivity index (χ2v) is 6.13. The zero-order chi connectivity index (χ0) is 14.7. The number of hydrogen-bond acceptors (Lipinski definition) is 2. The molecule has 0 aliphatic carbocycles. The van der Waals surface area contributed by atoms with Crippen LogP contribution in [0.1, 0.15) is 29.1 Å². The summed E-state index contributed by atoms with van der Waals surface area (Å²) in [6.45, 7) is 1.35. The van der Waals surface area contributed by atoms with Crippen molar-refractivity contribution in [3.05, 3.63) is 53.1 Å². The van der Waals surface area contributed by atoms with Crippen LogP contribution in [0.15, 0.2) is 30.6 Å². The lowest BCUT2D eigenvalue weighted by molar-refractivity contribution is 0.0677. The Kier molecular flexibility index (Phi) is 4.65. The Morgan fingerprint density at radius 2 is 2.00 bits per heavy atom. The molecular formula is C14H16F2N2OS. The number of nitrogens with zero attached hydrogens (tertiary/aromatic N) is 2. The van der Waals surface area contributed by atoms with Gasteiger partial charge in [-0.15, -0.1) is 0 Å². The van der Waals surface area contributed by atoms with Crippen LogP contribution in [0.4, 0.5) is 8.78 Å². The fourth-order valence-electron chi connectivity index (χ4n) is 1.91. The summed E-state index contributed by atoms with van der Waals surface area (Å²) in [5, 5.41) is 0. The minimum atomic E-state index is -2.65. The number of rotatable bonds is 5. The van der Waals surface area contributed by atoms with E-state index in [0.717, 1.165) is 15.7 Å². The summed E-state index contributed by atoms with van der Waals surface area (Å²) in [4.78, 5) is 3.84. The van der Waals surface area contributed by atoms with E-state index < -0.39 is 17.3 Å². The van der Waals surface area contributed by atoms with E-state index in [4.69, 9.17) is 0 Å². The first kappa shape index (κ1) is 14.8. The van der Waals surface area contributed by atoms with Crippen LogP contribution >= 0.6 is 0 Å². The van der Waals surface area contributed by atoms with Gasteiger partial charge in [-0.05, 0) is 30.5 Å². The maximum absolute atomic E-state index is 12.7. The van der Waals surface area contributed by atoms with Gasteiger partial charge in [0.1, 0.15) is 5.82 Å². The number of benzene rings is 1. The third-order valence-corrected chi connectivity index (χ3v) is 4.38. The fraction of sp³-hybridized carbons (Fsp3) is 0.357. The minimum absolute atomic E-state index is 0.0320. The van der Waals surface area contributed by atoms with Crippen LogP contribution in [0.3, 0.4) is 0 Å². The first-order chi connectivity index (χ1) is 9.47. The van der Waals surface area contributed by atoms with Gasteiger partial charge in [-0.2, -0.15) is 8.78 Å². The average molecular weight is 298 g/mol. The number of aromatic nitrogens is 2. The molecule has 0 bridgehead atoms. The van der Waals surface area contributed by atoms with Crippen LogP contribution in [0.5, 0.6) is 0 Å². The predicted molar refractivity (Wildman–Crippen MR) is 74.9 cm³/mol. The van der Waals surface area contributed by atoms with Crippen molar-refractivity contribution in [2.24, 2.45) is 0 Å². The summed E-state index contributed by atoms with van der Waals surface area (Å²) in [5.41, 5.74) is 3.25. The Balaban J connectivity index is 2.05. The lowest BCUT2D eigenvalue weighted by Crippen LogP contribution is -2.08. The van der Waals surface area contributed by atoms with E-state index >= 15 is 0 Å². The molecule has 0 N–H and O–H groups in total. The molecule has 1 heterocycles. The Hall–Kier alpha value is -1.56. The van der Waals surface area contributed by atoms with Gasteiger partial charge in [-0.1, -0.05) is 18.2 Å². The number of hydrogen-bond donors (Lipinski definition) is 0. The highest BCUT2D eigenvalue weighted by Gasteiger charge is 2.14. The van der Waals surface area contributed by atoms with Gasteiger partial charge in [0.2, 0.25) is 0 Å². The molecule has 0 aliphatic heterocycles. The van der Waals surface area contributed by atoms with Crippen molar-refractivity contribution in [3.63, 3.8) is 0 Å². The molecule has 0 aliphatic rings. The third kappa shape index (κ3) is 3.50. The molecule has 3 nitrogen and oxygen atoms in total. The van der Waals surface area contributed by atoms with Crippen LogP contribution in [-0.2, 0) is 22.3 Å². The van der Waals surface area contributed by atoms with E-state index in [9.17, 15) is 13.0 Å². The Morgan fingerprint density at radius 1 is 1.25 bits per heavy atom. The largest absolute Gasteiger partial charge is 0.319 e. The van der Waals surface area contributed by atoms with Crippen LogP contribution in [0, 0.1) is 13.8 Å². The summed E-state index contributed by atoms with van der Waals surface area (Å²) in [7, 11) is -1.26. The van der Waals surface area contributed by atoms with Crippen LogP contribution in [-0.4, -0.2) is 13.8 Å². The van der Waals surface area contributed by atoms with Gasteiger partial charge in [0.15, 0.2) is 0 Å². The Bertz CT molecular complexity index is 625. The molecule has 1 unspecified atom stereocenters. The van der Waals surface area contributed by atoms with Gasteiger partial charge in [-0.3, -0.25) is 8.78 Å². The van der Waals surface area contributed by atoms with E-state index in [1.807, 2.05) is 32.0 Å². The molecule has 0 fully saturated rings. The zero-order valence-electron chi connectivity index (χ0n) is 11.3. The van der Waals surface area contributed by atoms with Gasteiger partial charge in [0, 0.05) is 28.9 Å². The molecular weight excluding hydrogens is 282 g/mol. The van der Waals surface area contributed by atoms with Crippen molar-refractivity contribution in [2.45, 2.75) is 31.9 Å². The van der Waals surface area contributed by atoms with E-state index in [-0.39, 0.29) is 11.6 Å². The van der Waals surface area contributed by atoms with Crippen molar-refractivity contribution < 1.29 is 13.0 Å². The zero-order valence-corrected chi connectivity index (χ0v) is 12.2. The fourth-order valence-corrected chi connectivity index (χ4v) is 3.07. The molecule has 6 heteroatoms. The van der Waals surface area contributed by atoms with Gasteiger partial charge in [0.25, 0.3) is 0 Å². The summed E-state index contributed by atoms with van der Waals surface area (Å²) in [6.07, 6.45) is 2.50. The quantitative estimate of drug-likeness (QED) is 0.848. The highest BCUT2D eigenvalue weighted by atomic mass is 32.2. The molecule has 0 radical (unpaired) electrons. The molecule has 0 saturated heterocycles. The molecule has 2 rings (SSSR count). The number of alkyl halides is 2. The van der Waals surface area contributed by atoms with E-state index in [1.54, 1.807) is 0 Å². The van der Waals surface area contributed by atoms with Gasteiger partial charge in [-0.25, -0.2) is 4.98 Å². The molecule has 108 valence electrons. The lowest BCUT2D eigenvalue weighted by Gasteiger charge is -2.07. The molecule has 1 aromatic carbocycles. The van der Waals surface area contributed by atoms with Crippen molar-refractivity contribution in [1.29, 1.82) is 0 Å². The Morgan fingerprint density at radius 3 is 2.65 bits per heavy atom. The van der Waals surface area contributed by atoms with Crippen LogP contribution in [0.25, 0.3) is 0 Å². The summed E-state index contributed by atoms with van der Waals surface area (Å²) in [6, 6.07) is 5.87. The number of imidazole rings is 1. The maximum atomic E-state index is 12.7. The van der Waals surface area contributed by atoms with Crippen LogP contribution in [0.2, 0.25) is 0 Å². The van der Waals surface area contributed by atoms with Gasteiger partial charge in [0.05, 0.1) is 5.75 Å². The third-order valence-electron chi connectivity index (χ3n) is 3.15. The maximum Gasteiger partial charge on any atom is 0.319 e. The Labute approximate surface area is 119 Å². The molecule has 0 spiro atoms. The van der Waals surface area contributed by atoms with Gasteiger partial charge >= 0.3 is 6.55 Å². The van der Waals surface area contributed by atoms with Crippen molar-refractivity contribution >= 4 is 10.8 Å². The smallest absolute Gasteiger partial charge is 0.277 e. The number of halogens is 2. The van der Waals surface area contributed by atoms with Crippen molar-refractivity contribution in [2.75, 3.05) is 0 Å². The van der Waals surface area contributed by atoms with E-state index in [2.05, 4.69) is 4.98 Å². The van der Waals surface area contributed by atoms with E-state index in [1.165, 1.54) is 18.0 Å². The normalized spacial score (nSPS) is 12.8. The highest BCUT2D eigenvalue weighted by molar-refractivity contribution is 7.83. The lowest BCUT2D eigenvalue weighted by atomic mass is 10.1. The molecule has 2 aromatic rings. The molecule has 1 aromatic heterocycles. The molecule has 20 heavy (non-hydrogen) atoms. The molecule has 0 saturated carbocycles. The van der Waals surface area contributed by atoms with Crippen molar-refractivity contribution in [3.8, 4) is 0 Å². The average Bonchev–Trinajstić information content (AvgIpc) is 2.82. The van der Waals surface area contributed by atoms with Crippen molar-refractivity contribution in [1.82, 2.24) is 9.55 Å². The number of aryl methyl sites for hydroxylation is 2. The topological polar surface area (TPSA) is 34.9 Å². The second kappa shape index (κ2) is 6.26. The second-order valence-electron chi connectivity index (χ2n) is 4.68. The predicted octanol–water partition coefficient (Wildman–Crippen LogP) is 3.34. The summed E-state index contributed by atoms with van der Waals surface area (Å²) in [5.74, 6) is 0.531. The highest BCUT2D eigenvalue weighted by Crippen LogP contribution is 2.16. The minimum Gasteiger partial charge on any atom is -0.277 e. The van der Waals surface area contributed by atoms with Crippen LogP contribution < -0.4 is 0 Å². The summed E-state index contributed by atoms with van der Waals surface area (Å²) >= 11 is 0. The standard InChI is InChI=1S/C14H16F2N2OS/c1-10-3-4-12(7-11(10)2)8-20(19)9-13-17-5-6-18(13)14(15)16/h3-7,14H,8-9H2,1-2H3. The summed E-state index contributed by atoms with van der Waals surface area (Å²) < 4.78 is 38.1. The SMILES string of the molecule is Cc1ccc(CS(=O)Cc2nccn2C(F)F)cc1C. The molecule has 0 amide bonds. The molecule has 1 atom stereocenters. The van der Waals surface area contributed by atoms with Gasteiger partial charge < -0.3 is 0 Å². The monoisotopic (exact) mass is 298 g/mol. The van der Waals surface area contributed by atoms with E-state index in [0.29, 0.717) is 5.75 Å².